The Morgan fingerprint density at radius 1 is 0.886 bits per heavy atom. The van der Waals surface area contributed by atoms with E-state index in [9.17, 15) is 13.2 Å². The Hall–Kier alpha value is -3.06. The summed E-state index contributed by atoms with van der Waals surface area (Å²) in [6.07, 6.45) is 3.15. The summed E-state index contributed by atoms with van der Waals surface area (Å²) in [5.41, 5.74) is 4.79. The number of hydrogen-bond acceptors (Lipinski definition) is 3. The zero-order chi connectivity index (χ0) is 24.7. The molecule has 8 heteroatoms. The average Bonchev–Trinajstić information content (AvgIpc) is 3.24. The van der Waals surface area contributed by atoms with Crippen molar-refractivity contribution < 1.29 is 13.2 Å². The lowest BCUT2D eigenvalue weighted by atomic mass is 10.0. The van der Waals surface area contributed by atoms with Gasteiger partial charge in [-0.25, -0.2) is 8.42 Å². The summed E-state index contributed by atoms with van der Waals surface area (Å²) in [6.45, 7) is 0.0268. The Bertz CT molecular complexity index is 1540. The highest BCUT2D eigenvalue weighted by Crippen LogP contribution is 2.37. The van der Waals surface area contributed by atoms with Crippen molar-refractivity contribution in [1.29, 1.82) is 0 Å². The van der Waals surface area contributed by atoms with Crippen LogP contribution in [-0.2, 0) is 29.4 Å². The van der Waals surface area contributed by atoms with Gasteiger partial charge in [-0.2, -0.15) is 0 Å². The van der Waals surface area contributed by atoms with Crippen LogP contribution in [0.15, 0.2) is 72.8 Å². The maximum atomic E-state index is 13.0. The van der Waals surface area contributed by atoms with Gasteiger partial charge in [0.2, 0.25) is 10.0 Å². The van der Waals surface area contributed by atoms with Crippen molar-refractivity contribution >= 4 is 61.3 Å². The molecule has 1 aliphatic rings. The standard InChI is InChI=1S/C27H22Cl2N2O3S/c1-35(33,34)31(26-22(28)6-3-7-23(26)29)16-17-8-10-20(11-9-17)27(32)30-24-15-14-19-13-12-18-4-2-5-21(24)25(18)19/h2-11,14-15H,12-13,16H2,1H3,(H,30,32). The molecule has 0 aromatic heterocycles. The summed E-state index contributed by atoms with van der Waals surface area (Å²) in [4.78, 5) is 13.0. The first-order valence-electron chi connectivity index (χ1n) is 11.1. The number of carbonyl (C=O) groups excluding carboxylic acids is 1. The highest BCUT2D eigenvalue weighted by molar-refractivity contribution is 7.92. The van der Waals surface area contributed by atoms with Crippen molar-refractivity contribution in [2.75, 3.05) is 15.9 Å². The maximum absolute atomic E-state index is 13.0. The molecule has 0 aliphatic heterocycles. The van der Waals surface area contributed by atoms with Crippen LogP contribution in [0.5, 0.6) is 0 Å². The number of nitrogens with zero attached hydrogens (tertiary/aromatic N) is 1. The molecule has 0 radical (unpaired) electrons. The molecule has 4 aromatic rings. The maximum Gasteiger partial charge on any atom is 0.255 e. The molecule has 5 nitrogen and oxygen atoms in total. The van der Waals surface area contributed by atoms with Crippen LogP contribution in [0, 0.1) is 0 Å². The van der Waals surface area contributed by atoms with Gasteiger partial charge in [-0.15, -0.1) is 0 Å². The average molecular weight is 525 g/mol. The van der Waals surface area contributed by atoms with Gasteiger partial charge in [0.05, 0.1) is 28.5 Å². The van der Waals surface area contributed by atoms with Gasteiger partial charge in [0, 0.05) is 16.6 Å². The third-order valence-corrected chi connectivity index (χ3v) is 7.98. The summed E-state index contributed by atoms with van der Waals surface area (Å²) in [6, 6.07) is 21.9. The van der Waals surface area contributed by atoms with E-state index in [-0.39, 0.29) is 28.2 Å². The van der Waals surface area contributed by atoms with Gasteiger partial charge in [0.15, 0.2) is 0 Å². The van der Waals surface area contributed by atoms with Gasteiger partial charge >= 0.3 is 0 Å². The fourth-order valence-electron chi connectivity index (χ4n) is 4.57. The summed E-state index contributed by atoms with van der Waals surface area (Å²) >= 11 is 12.5. The smallest absolute Gasteiger partial charge is 0.255 e. The molecule has 1 amide bonds. The van der Waals surface area contributed by atoms with Crippen molar-refractivity contribution in [2.45, 2.75) is 19.4 Å². The lowest BCUT2D eigenvalue weighted by molar-refractivity contribution is 0.102. The Balaban J connectivity index is 1.38. The summed E-state index contributed by atoms with van der Waals surface area (Å²) in [7, 11) is -3.67. The molecule has 0 spiro atoms. The van der Waals surface area contributed by atoms with Gasteiger partial charge in [-0.3, -0.25) is 9.10 Å². The summed E-state index contributed by atoms with van der Waals surface area (Å²) in [5, 5.41) is 5.79. The van der Waals surface area contributed by atoms with Crippen molar-refractivity contribution in [3.8, 4) is 0 Å². The second kappa shape index (κ2) is 9.19. The number of amides is 1. The SMILES string of the molecule is CS(=O)(=O)N(Cc1ccc(C(=O)Nc2ccc3c4c(cccc24)CC3)cc1)c1c(Cl)cccc1Cl. The first-order valence-corrected chi connectivity index (χ1v) is 13.7. The highest BCUT2D eigenvalue weighted by Gasteiger charge is 2.23. The molecule has 35 heavy (non-hydrogen) atoms. The van der Waals surface area contributed by atoms with Crippen LogP contribution in [0.25, 0.3) is 10.8 Å². The molecule has 1 N–H and O–H groups in total. The molecule has 0 atom stereocenters. The predicted molar refractivity (Wildman–Crippen MR) is 143 cm³/mol. The molecular formula is C27H22Cl2N2O3S. The van der Waals surface area contributed by atoms with E-state index < -0.39 is 10.0 Å². The van der Waals surface area contributed by atoms with Crippen molar-refractivity contribution in [3.05, 3.63) is 105 Å². The largest absolute Gasteiger partial charge is 0.321 e. The molecule has 5 rings (SSSR count). The quantitative estimate of drug-likeness (QED) is 0.314. The minimum absolute atomic E-state index is 0.0268. The van der Waals surface area contributed by atoms with Crippen LogP contribution in [-0.4, -0.2) is 20.6 Å². The number of rotatable bonds is 6. The van der Waals surface area contributed by atoms with Crippen LogP contribution in [0.1, 0.15) is 27.0 Å². The first-order chi connectivity index (χ1) is 16.7. The molecular weight excluding hydrogens is 503 g/mol. The zero-order valence-electron chi connectivity index (χ0n) is 18.9. The van der Waals surface area contributed by atoms with Crippen LogP contribution < -0.4 is 9.62 Å². The van der Waals surface area contributed by atoms with E-state index >= 15 is 0 Å². The number of hydrogen-bond donors (Lipinski definition) is 1. The Labute approximate surface area is 214 Å². The fourth-order valence-corrected chi connectivity index (χ4v) is 6.18. The second-order valence-electron chi connectivity index (χ2n) is 8.60. The Morgan fingerprint density at radius 3 is 2.17 bits per heavy atom. The van der Waals surface area contributed by atoms with Gasteiger partial charge in [0.25, 0.3) is 5.91 Å². The predicted octanol–water partition coefficient (Wildman–Crippen LogP) is 6.46. The zero-order valence-corrected chi connectivity index (χ0v) is 21.2. The molecule has 0 unspecified atom stereocenters. The molecule has 0 fully saturated rings. The third-order valence-electron chi connectivity index (χ3n) is 6.25. The minimum Gasteiger partial charge on any atom is -0.321 e. The molecule has 0 saturated carbocycles. The van der Waals surface area contributed by atoms with Gasteiger partial charge in [-0.1, -0.05) is 65.7 Å². The monoisotopic (exact) mass is 524 g/mol. The summed E-state index contributed by atoms with van der Waals surface area (Å²) in [5.74, 6) is -0.232. The number of sulfonamides is 1. The van der Waals surface area contributed by atoms with E-state index in [0.717, 1.165) is 30.2 Å². The number of anilines is 2. The van der Waals surface area contributed by atoms with Gasteiger partial charge in [0.1, 0.15) is 0 Å². The number of aryl methyl sites for hydroxylation is 2. The van der Waals surface area contributed by atoms with Crippen LogP contribution in [0.2, 0.25) is 10.0 Å². The number of para-hydroxylation sites is 1. The third kappa shape index (κ3) is 4.61. The van der Waals surface area contributed by atoms with E-state index in [1.165, 1.54) is 20.8 Å². The van der Waals surface area contributed by atoms with Crippen molar-refractivity contribution in [3.63, 3.8) is 0 Å². The van der Waals surface area contributed by atoms with E-state index in [4.69, 9.17) is 23.2 Å². The molecule has 0 saturated heterocycles. The Morgan fingerprint density at radius 2 is 1.51 bits per heavy atom. The number of benzene rings is 4. The van der Waals surface area contributed by atoms with E-state index in [0.29, 0.717) is 11.1 Å². The van der Waals surface area contributed by atoms with E-state index in [1.54, 1.807) is 42.5 Å². The van der Waals surface area contributed by atoms with Crippen LogP contribution in [0.3, 0.4) is 0 Å². The minimum atomic E-state index is -3.67. The van der Waals surface area contributed by atoms with Gasteiger partial charge in [-0.05, 0) is 65.3 Å². The number of halogens is 2. The second-order valence-corrected chi connectivity index (χ2v) is 11.3. The topological polar surface area (TPSA) is 66.5 Å². The number of nitrogens with one attached hydrogen (secondary N) is 1. The van der Waals surface area contributed by atoms with Crippen LogP contribution >= 0.6 is 23.2 Å². The van der Waals surface area contributed by atoms with Crippen molar-refractivity contribution in [2.24, 2.45) is 0 Å². The first kappa shape index (κ1) is 23.7. The van der Waals surface area contributed by atoms with E-state index in [2.05, 4.69) is 17.4 Å². The van der Waals surface area contributed by atoms with Crippen molar-refractivity contribution in [1.82, 2.24) is 0 Å². The van der Waals surface area contributed by atoms with Gasteiger partial charge < -0.3 is 5.32 Å². The normalized spacial score (nSPS) is 12.7. The fraction of sp³-hybridized carbons (Fsp3) is 0.148. The van der Waals surface area contributed by atoms with E-state index in [1.807, 2.05) is 18.2 Å². The Kier molecular flexibility index (Phi) is 6.21. The lowest BCUT2D eigenvalue weighted by Gasteiger charge is -2.24. The molecule has 4 aromatic carbocycles. The molecule has 0 heterocycles. The van der Waals surface area contributed by atoms with Crippen LogP contribution in [0.4, 0.5) is 11.4 Å². The molecule has 0 bridgehead atoms. The molecule has 178 valence electrons. The lowest BCUT2D eigenvalue weighted by Crippen LogP contribution is -2.29. The summed E-state index contributed by atoms with van der Waals surface area (Å²) < 4.78 is 26.2. The number of carbonyl (C=O) groups is 1. The highest BCUT2D eigenvalue weighted by atomic mass is 35.5. The molecule has 1 aliphatic carbocycles.